The summed E-state index contributed by atoms with van der Waals surface area (Å²) in [5, 5.41) is 3.40. The Kier molecular flexibility index (Phi) is 4.48. The van der Waals surface area contributed by atoms with Gasteiger partial charge in [0.2, 0.25) is 0 Å². The predicted molar refractivity (Wildman–Crippen MR) is 69.6 cm³/mol. The molecule has 1 atom stereocenters. The van der Waals surface area contributed by atoms with Crippen molar-refractivity contribution in [3.8, 4) is 0 Å². The molecule has 0 aliphatic carbocycles. The molecule has 1 heterocycles. The Hall–Kier alpha value is -0.890. The number of hydrogen-bond donors (Lipinski definition) is 1. The van der Waals surface area contributed by atoms with Crippen LogP contribution in [0.15, 0.2) is 18.3 Å². The molecule has 1 aromatic heterocycles. The number of nitrogens with zero attached hydrogens (tertiary/aromatic N) is 1. The molecule has 1 rings (SSSR count). The third kappa shape index (κ3) is 3.93. The molecule has 1 unspecified atom stereocenters. The average Bonchev–Trinajstić information content (AvgIpc) is 2.19. The lowest BCUT2D eigenvalue weighted by Crippen LogP contribution is -2.38. The standard InChI is InChI=1S/C14H24N2/c1-11-6-7-12(10-16-11)8-9-13(15-5)14(2,3)4/h6-7,10,13,15H,8-9H2,1-5H3. The van der Waals surface area contributed by atoms with E-state index in [-0.39, 0.29) is 0 Å². The van der Waals surface area contributed by atoms with E-state index >= 15 is 0 Å². The van der Waals surface area contributed by atoms with Gasteiger partial charge in [-0.15, -0.1) is 0 Å². The summed E-state index contributed by atoms with van der Waals surface area (Å²) >= 11 is 0. The van der Waals surface area contributed by atoms with E-state index in [9.17, 15) is 0 Å². The highest BCUT2D eigenvalue weighted by Crippen LogP contribution is 2.22. The lowest BCUT2D eigenvalue weighted by Gasteiger charge is -2.30. The van der Waals surface area contributed by atoms with Gasteiger partial charge in [-0.3, -0.25) is 4.98 Å². The summed E-state index contributed by atoms with van der Waals surface area (Å²) in [7, 11) is 2.04. The second-order valence-corrected chi connectivity index (χ2v) is 5.55. The Morgan fingerprint density at radius 1 is 1.31 bits per heavy atom. The van der Waals surface area contributed by atoms with Crippen LogP contribution in [0.1, 0.15) is 38.4 Å². The minimum absolute atomic E-state index is 0.312. The zero-order valence-corrected chi connectivity index (χ0v) is 11.2. The summed E-state index contributed by atoms with van der Waals surface area (Å²) in [6.45, 7) is 8.86. The van der Waals surface area contributed by atoms with Gasteiger partial charge < -0.3 is 5.32 Å². The van der Waals surface area contributed by atoms with Crippen LogP contribution in [-0.4, -0.2) is 18.1 Å². The summed E-state index contributed by atoms with van der Waals surface area (Å²) in [5.74, 6) is 0. The van der Waals surface area contributed by atoms with Gasteiger partial charge in [0.05, 0.1) is 0 Å². The highest BCUT2D eigenvalue weighted by atomic mass is 14.9. The second-order valence-electron chi connectivity index (χ2n) is 5.55. The van der Waals surface area contributed by atoms with E-state index in [0.29, 0.717) is 11.5 Å². The van der Waals surface area contributed by atoms with Gasteiger partial charge >= 0.3 is 0 Å². The monoisotopic (exact) mass is 220 g/mol. The van der Waals surface area contributed by atoms with E-state index in [1.54, 1.807) is 0 Å². The van der Waals surface area contributed by atoms with Crippen molar-refractivity contribution in [1.82, 2.24) is 10.3 Å². The van der Waals surface area contributed by atoms with E-state index < -0.39 is 0 Å². The normalized spacial score (nSPS) is 13.8. The Labute approximate surface area is 99.5 Å². The van der Waals surface area contributed by atoms with E-state index in [1.807, 2.05) is 20.2 Å². The number of aromatic nitrogens is 1. The van der Waals surface area contributed by atoms with Crippen LogP contribution in [0.5, 0.6) is 0 Å². The first-order valence-corrected chi connectivity index (χ1v) is 6.02. The largest absolute Gasteiger partial charge is 0.316 e. The van der Waals surface area contributed by atoms with Crippen molar-refractivity contribution in [2.45, 2.75) is 46.6 Å². The van der Waals surface area contributed by atoms with Crippen molar-refractivity contribution in [3.05, 3.63) is 29.6 Å². The van der Waals surface area contributed by atoms with E-state index in [4.69, 9.17) is 0 Å². The highest BCUT2D eigenvalue weighted by Gasteiger charge is 2.22. The smallest absolute Gasteiger partial charge is 0.0372 e. The van der Waals surface area contributed by atoms with Crippen molar-refractivity contribution in [2.24, 2.45) is 5.41 Å². The summed E-state index contributed by atoms with van der Waals surface area (Å²) in [5.41, 5.74) is 2.73. The van der Waals surface area contributed by atoms with E-state index in [1.165, 1.54) is 5.56 Å². The summed E-state index contributed by atoms with van der Waals surface area (Å²) in [4.78, 5) is 4.32. The number of pyridine rings is 1. The number of aryl methyl sites for hydroxylation is 2. The van der Waals surface area contributed by atoms with Crippen molar-refractivity contribution < 1.29 is 0 Å². The molecular weight excluding hydrogens is 196 g/mol. The maximum absolute atomic E-state index is 4.32. The Morgan fingerprint density at radius 2 is 2.00 bits per heavy atom. The first kappa shape index (κ1) is 13.2. The molecule has 0 fully saturated rings. The molecule has 90 valence electrons. The van der Waals surface area contributed by atoms with Crippen LogP contribution in [0.25, 0.3) is 0 Å². The molecule has 0 aliphatic heterocycles. The molecule has 0 saturated carbocycles. The maximum atomic E-state index is 4.32. The van der Waals surface area contributed by atoms with Gasteiger partial charge in [-0.05, 0) is 43.9 Å². The quantitative estimate of drug-likeness (QED) is 0.844. The van der Waals surface area contributed by atoms with Gasteiger partial charge in [0, 0.05) is 17.9 Å². The summed E-state index contributed by atoms with van der Waals surface area (Å²) in [6.07, 6.45) is 4.24. The topological polar surface area (TPSA) is 24.9 Å². The van der Waals surface area contributed by atoms with Crippen molar-refractivity contribution >= 4 is 0 Å². The highest BCUT2D eigenvalue weighted by molar-refractivity contribution is 5.13. The van der Waals surface area contributed by atoms with Crippen molar-refractivity contribution in [3.63, 3.8) is 0 Å². The zero-order valence-electron chi connectivity index (χ0n) is 11.2. The minimum atomic E-state index is 0.312. The van der Waals surface area contributed by atoms with Crippen LogP contribution in [0.4, 0.5) is 0 Å². The molecule has 16 heavy (non-hydrogen) atoms. The summed E-state index contributed by atoms with van der Waals surface area (Å²) < 4.78 is 0. The molecule has 0 amide bonds. The van der Waals surface area contributed by atoms with Crippen LogP contribution in [-0.2, 0) is 6.42 Å². The molecule has 0 aliphatic rings. The van der Waals surface area contributed by atoms with Crippen LogP contribution >= 0.6 is 0 Å². The molecule has 1 N–H and O–H groups in total. The van der Waals surface area contributed by atoms with Gasteiger partial charge in [0.15, 0.2) is 0 Å². The number of hydrogen-bond acceptors (Lipinski definition) is 2. The number of rotatable bonds is 4. The Bertz CT molecular complexity index is 309. The average molecular weight is 220 g/mol. The molecule has 1 aromatic rings. The van der Waals surface area contributed by atoms with Gasteiger partial charge in [-0.25, -0.2) is 0 Å². The third-order valence-electron chi connectivity index (χ3n) is 3.09. The van der Waals surface area contributed by atoms with Gasteiger partial charge in [0.25, 0.3) is 0 Å². The zero-order chi connectivity index (χ0) is 12.2. The third-order valence-corrected chi connectivity index (χ3v) is 3.09. The van der Waals surface area contributed by atoms with E-state index in [2.05, 4.69) is 43.2 Å². The van der Waals surface area contributed by atoms with Gasteiger partial charge in [-0.2, -0.15) is 0 Å². The maximum Gasteiger partial charge on any atom is 0.0372 e. The molecule has 0 aromatic carbocycles. The first-order chi connectivity index (χ1) is 7.43. The SMILES string of the molecule is CNC(CCc1ccc(C)nc1)C(C)(C)C. The lowest BCUT2D eigenvalue weighted by molar-refractivity contribution is 0.268. The van der Waals surface area contributed by atoms with Crippen LogP contribution in [0, 0.1) is 12.3 Å². The van der Waals surface area contributed by atoms with Crippen molar-refractivity contribution in [2.75, 3.05) is 7.05 Å². The lowest BCUT2D eigenvalue weighted by atomic mass is 9.83. The second kappa shape index (κ2) is 5.44. The molecule has 0 spiro atoms. The minimum Gasteiger partial charge on any atom is -0.316 e. The first-order valence-electron chi connectivity index (χ1n) is 6.02. The fourth-order valence-corrected chi connectivity index (χ4v) is 1.97. The molecule has 2 nitrogen and oxygen atoms in total. The van der Waals surface area contributed by atoms with E-state index in [0.717, 1.165) is 18.5 Å². The van der Waals surface area contributed by atoms with Crippen molar-refractivity contribution in [1.29, 1.82) is 0 Å². The molecule has 0 bridgehead atoms. The van der Waals surface area contributed by atoms with Crippen LogP contribution in [0.3, 0.4) is 0 Å². The van der Waals surface area contributed by atoms with Crippen LogP contribution in [0.2, 0.25) is 0 Å². The fourth-order valence-electron chi connectivity index (χ4n) is 1.97. The van der Waals surface area contributed by atoms with Gasteiger partial charge in [0.1, 0.15) is 0 Å². The molecular formula is C14H24N2. The van der Waals surface area contributed by atoms with Crippen LogP contribution < -0.4 is 5.32 Å². The fraction of sp³-hybridized carbons (Fsp3) is 0.643. The molecule has 0 saturated heterocycles. The summed E-state index contributed by atoms with van der Waals surface area (Å²) in [6, 6.07) is 4.81. The Balaban J connectivity index is 2.53. The predicted octanol–water partition coefficient (Wildman–Crippen LogP) is 2.96. The molecule has 0 radical (unpaired) electrons. The molecule has 2 heteroatoms. The van der Waals surface area contributed by atoms with Gasteiger partial charge in [-0.1, -0.05) is 26.8 Å². The number of nitrogens with one attached hydrogen (secondary N) is 1. The Morgan fingerprint density at radius 3 is 2.44 bits per heavy atom.